The molecule has 1 aliphatic rings. The van der Waals surface area contributed by atoms with Crippen molar-refractivity contribution in [2.75, 3.05) is 13.2 Å². The molecule has 2 N–H and O–H groups in total. The summed E-state index contributed by atoms with van der Waals surface area (Å²) in [5.41, 5.74) is 2.50. The Bertz CT molecular complexity index is 392. The van der Waals surface area contributed by atoms with Crippen molar-refractivity contribution in [1.82, 2.24) is 5.32 Å². The van der Waals surface area contributed by atoms with Crippen LogP contribution < -0.4 is 5.32 Å². The molecule has 1 aliphatic heterocycles. The summed E-state index contributed by atoms with van der Waals surface area (Å²) in [4.78, 5) is 0. The van der Waals surface area contributed by atoms with Crippen molar-refractivity contribution in [3.05, 3.63) is 35.4 Å². The van der Waals surface area contributed by atoms with Gasteiger partial charge in [0.15, 0.2) is 0 Å². The van der Waals surface area contributed by atoms with Gasteiger partial charge < -0.3 is 10.4 Å². The van der Waals surface area contributed by atoms with Gasteiger partial charge in [0.25, 0.3) is 0 Å². The quantitative estimate of drug-likeness (QED) is 0.841. The Morgan fingerprint density at radius 1 is 1.35 bits per heavy atom. The van der Waals surface area contributed by atoms with E-state index in [1.54, 1.807) is 0 Å². The molecule has 1 heterocycles. The zero-order valence-electron chi connectivity index (χ0n) is 11.1. The number of rotatable bonds is 3. The first-order valence-corrected chi connectivity index (χ1v) is 6.45. The first-order valence-electron chi connectivity index (χ1n) is 6.45. The fourth-order valence-corrected chi connectivity index (χ4v) is 2.76. The Kier molecular flexibility index (Phi) is 3.28. The van der Waals surface area contributed by atoms with E-state index in [2.05, 4.69) is 50.4 Å². The van der Waals surface area contributed by atoms with E-state index in [0.717, 1.165) is 6.54 Å². The molecule has 1 fully saturated rings. The Morgan fingerprint density at radius 3 is 2.65 bits per heavy atom. The molecule has 1 unspecified atom stereocenters. The molecule has 1 saturated heterocycles. The van der Waals surface area contributed by atoms with E-state index in [1.165, 1.54) is 24.0 Å². The van der Waals surface area contributed by atoms with Gasteiger partial charge >= 0.3 is 0 Å². The van der Waals surface area contributed by atoms with Crippen molar-refractivity contribution in [1.29, 1.82) is 0 Å². The summed E-state index contributed by atoms with van der Waals surface area (Å²) in [7, 11) is 0. The van der Waals surface area contributed by atoms with Crippen molar-refractivity contribution in [2.45, 2.75) is 44.6 Å². The lowest BCUT2D eigenvalue weighted by Gasteiger charge is -2.33. The van der Waals surface area contributed by atoms with E-state index in [4.69, 9.17) is 0 Å². The summed E-state index contributed by atoms with van der Waals surface area (Å²) < 4.78 is 0. The summed E-state index contributed by atoms with van der Waals surface area (Å²) in [5, 5.41) is 13.2. The summed E-state index contributed by atoms with van der Waals surface area (Å²) >= 11 is 0. The third kappa shape index (κ3) is 2.24. The zero-order chi connectivity index (χ0) is 12.5. The lowest BCUT2D eigenvalue weighted by Crippen LogP contribution is -2.37. The van der Waals surface area contributed by atoms with E-state index >= 15 is 0 Å². The second kappa shape index (κ2) is 4.43. The number of nitrogens with one attached hydrogen (secondary N) is 1. The smallest absolute Gasteiger partial charge is 0.0522 e. The highest BCUT2D eigenvalue weighted by Crippen LogP contribution is 2.37. The van der Waals surface area contributed by atoms with Crippen LogP contribution in [0.5, 0.6) is 0 Å². The van der Waals surface area contributed by atoms with Crippen molar-refractivity contribution in [3.63, 3.8) is 0 Å². The maximum Gasteiger partial charge on any atom is 0.0522 e. The maximum absolute atomic E-state index is 9.58. The average Bonchev–Trinajstić information content (AvgIpc) is 2.77. The number of aliphatic hydroxyl groups excluding tert-OH is 1. The minimum atomic E-state index is -0.177. The highest BCUT2D eigenvalue weighted by atomic mass is 16.3. The molecule has 2 nitrogen and oxygen atoms in total. The molecular weight excluding hydrogens is 210 g/mol. The van der Waals surface area contributed by atoms with Crippen molar-refractivity contribution in [2.24, 2.45) is 0 Å². The number of hydrogen-bond donors (Lipinski definition) is 2. The molecule has 0 radical (unpaired) electrons. The summed E-state index contributed by atoms with van der Waals surface area (Å²) in [6.07, 6.45) is 2.40. The van der Waals surface area contributed by atoms with Crippen LogP contribution in [0, 0.1) is 0 Å². The number of aliphatic hydroxyl groups is 1. The van der Waals surface area contributed by atoms with Gasteiger partial charge in [-0.15, -0.1) is 0 Å². The number of hydrogen-bond acceptors (Lipinski definition) is 2. The average molecular weight is 233 g/mol. The standard InChI is InChI=1S/C15H23NO/c1-14(2,11-17)12-7-4-5-8-13(12)15(3)9-6-10-16-15/h4-5,7-8,16-17H,6,9-11H2,1-3H3. The molecule has 0 aromatic heterocycles. The second-order valence-corrected chi connectivity index (χ2v) is 5.95. The Labute approximate surface area is 104 Å². The van der Waals surface area contributed by atoms with Gasteiger partial charge in [0.05, 0.1) is 6.61 Å². The van der Waals surface area contributed by atoms with Crippen LogP contribution in [0.1, 0.15) is 44.7 Å². The van der Waals surface area contributed by atoms with Crippen LogP contribution in [0.3, 0.4) is 0 Å². The fraction of sp³-hybridized carbons (Fsp3) is 0.600. The molecule has 0 saturated carbocycles. The van der Waals surface area contributed by atoms with Crippen molar-refractivity contribution < 1.29 is 5.11 Å². The molecule has 2 rings (SSSR count). The molecular formula is C15H23NO. The molecule has 1 atom stereocenters. The first kappa shape index (κ1) is 12.6. The van der Waals surface area contributed by atoms with Gasteiger partial charge in [0.1, 0.15) is 0 Å². The monoisotopic (exact) mass is 233 g/mol. The van der Waals surface area contributed by atoms with Gasteiger partial charge in [-0.05, 0) is 37.4 Å². The van der Waals surface area contributed by atoms with Crippen molar-refractivity contribution >= 4 is 0 Å². The molecule has 0 bridgehead atoms. The van der Waals surface area contributed by atoms with Crippen LogP contribution in [-0.2, 0) is 11.0 Å². The molecule has 0 amide bonds. The van der Waals surface area contributed by atoms with Gasteiger partial charge in [0, 0.05) is 11.0 Å². The van der Waals surface area contributed by atoms with Crippen molar-refractivity contribution in [3.8, 4) is 0 Å². The lowest BCUT2D eigenvalue weighted by atomic mass is 9.76. The lowest BCUT2D eigenvalue weighted by molar-refractivity contribution is 0.216. The molecule has 1 aromatic carbocycles. The molecule has 2 heteroatoms. The molecule has 1 aromatic rings. The topological polar surface area (TPSA) is 32.3 Å². The van der Waals surface area contributed by atoms with Crippen LogP contribution in [0.15, 0.2) is 24.3 Å². The van der Waals surface area contributed by atoms with Gasteiger partial charge in [-0.1, -0.05) is 38.1 Å². The zero-order valence-corrected chi connectivity index (χ0v) is 11.1. The Morgan fingerprint density at radius 2 is 2.06 bits per heavy atom. The second-order valence-electron chi connectivity index (χ2n) is 5.95. The third-order valence-electron chi connectivity index (χ3n) is 4.01. The van der Waals surface area contributed by atoms with Gasteiger partial charge in [0.2, 0.25) is 0 Å². The van der Waals surface area contributed by atoms with Gasteiger partial charge in [-0.25, -0.2) is 0 Å². The largest absolute Gasteiger partial charge is 0.395 e. The molecule has 94 valence electrons. The third-order valence-corrected chi connectivity index (χ3v) is 4.01. The highest BCUT2D eigenvalue weighted by molar-refractivity contribution is 5.39. The van der Waals surface area contributed by atoms with Crippen LogP contribution in [0.25, 0.3) is 0 Å². The Hall–Kier alpha value is -0.860. The first-order chi connectivity index (χ1) is 7.99. The van der Waals surface area contributed by atoms with Gasteiger partial charge in [-0.3, -0.25) is 0 Å². The van der Waals surface area contributed by atoms with Crippen LogP contribution in [0.4, 0.5) is 0 Å². The molecule has 17 heavy (non-hydrogen) atoms. The normalized spacial score (nSPS) is 25.2. The SMILES string of the molecule is CC(C)(CO)c1ccccc1C1(C)CCCN1. The fourth-order valence-electron chi connectivity index (χ4n) is 2.76. The van der Waals surface area contributed by atoms with E-state index in [9.17, 15) is 5.11 Å². The predicted octanol–water partition coefficient (Wildman–Crippen LogP) is 2.56. The maximum atomic E-state index is 9.58. The Balaban J connectivity index is 2.47. The molecule has 0 spiro atoms. The minimum absolute atomic E-state index is 0.0725. The van der Waals surface area contributed by atoms with E-state index in [0.29, 0.717) is 0 Å². The minimum Gasteiger partial charge on any atom is -0.395 e. The summed E-state index contributed by atoms with van der Waals surface area (Å²) in [6.45, 7) is 7.74. The predicted molar refractivity (Wildman–Crippen MR) is 71.1 cm³/mol. The summed E-state index contributed by atoms with van der Waals surface area (Å²) in [6, 6.07) is 8.51. The van der Waals surface area contributed by atoms with E-state index in [1.807, 2.05) is 0 Å². The van der Waals surface area contributed by atoms with Crippen LogP contribution in [-0.4, -0.2) is 18.3 Å². The van der Waals surface area contributed by atoms with Crippen LogP contribution in [0.2, 0.25) is 0 Å². The van der Waals surface area contributed by atoms with Gasteiger partial charge in [-0.2, -0.15) is 0 Å². The summed E-state index contributed by atoms with van der Waals surface area (Å²) in [5.74, 6) is 0. The van der Waals surface area contributed by atoms with Crippen LogP contribution >= 0.6 is 0 Å². The number of benzene rings is 1. The molecule has 0 aliphatic carbocycles. The highest BCUT2D eigenvalue weighted by Gasteiger charge is 2.35. The van der Waals surface area contributed by atoms with E-state index in [-0.39, 0.29) is 17.6 Å². The van der Waals surface area contributed by atoms with E-state index < -0.39 is 0 Å².